The van der Waals surface area contributed by atoms with Gasteiger partial charge in [0.15, 0.2) is 0 Å². The van der Waals surface area contributed by atoms with Gasteiger partial charge in [0.25, 0.3) is 0 Å². The van der Waals surface area contributed by atoms with Gasteiger partial charge in [0, 0.05) is 15.7 Å². The molecule has 0 bridgehead atoms. The Morgan fingerprint density at radius 1 is 0.615 bits per heavy atom. The van der Waals surface area contributed by atoms with Crippen LogP contribution in [0.25, 0.3) is 11.1 Å². The molecule has 0 aromatic heterocycles. The molecule has 2 N–H and O–H groups in total. The maximum atomic E-state index is 12.9. The molecule has 4 aromatic rings. The van der Waals surface area contributed by atoms with Crippen molar-refractivity contribution >= 4 is 47.7 Å². The molecule has 0 amide bonds. The number of carbonyl (C=O) groups excluding carboxylic acids is 2. The van der Waals surface area contributed by atoms with Gasteiger partial charge in [-0.3, -0.25) is 0 Å². The zero-order valence-electron chi connectivity index (χ0n) is 20.6. The first-order chi connectivity index (χ1) is 18.1. The Hall–Kier alpha value is -3.35. The highest BCUT2D eigenvalue weighted by Crippen LogP contribution is 2.20. The Morgan fingerprint density at radius 2 is 0.949 bits per heavy atom. The second-order valence-electron chi connectivity index (χ2n) is 6.87. The number of carbonyl (C=O) groups is 2. The van der Waals surface area contributed by atoms with Gasteiger partial charge in [-0.25, -0.2) is 17.6 Å². The van der Waals surface area contributed by atoms with E-state index < -0.39 is 30.4 Å². The molecule has 0 unspecified atom stereocenters. The molecule has 0 atom stereocenters. The van der Waals surface area contributed by atoms with Gasteiger partial charge in [0.1, 0.15) is 35.8 Å². The highest BCUT2D eigenvalue weighted by Gasteiger charge is 2.12. The standard InChI is InChI=1S/C12H8F2.C6H5BF2O2.C6H5I.2C2H4O.CH4/c13-11-6-10(7-12(14)8-11)9-4-2-1-3-5-9;8-5-1-4(7(10)11)2-6(9)3-5;7-6-4-2-1-3-5-6;2*1-2-3;/h1-8H;1-3,10-11H;1-5H;2*2H,1H3;1H4. The van der Waals surface area contributed by atoms with Gasteiger partial charge < -0.3 is 19.6 Å². The van der Waals surface area contributed by atoms with E-state index in [-0.39, 0.29) is 12.9 Å². The van der Waals surface area contributed by atoms with Crippen molar-refractivity contribution < 1.29 is 37.2 Å². The van der Waals surface area contributed by atoms with Crippen LogP contribution in [0, 0.1) is 26.8 Å². The van der Waals surface area contributed by atoms with Crippen molar-refractivity contribution in [3.05, 3.63) is 124 Å². The molecule has 0 saturated heterocycles. The first-order valence-corrected chi connectivity index (χ1v) is 12.0. The van der Waals surface area contributed by atoms with Crippen LogP contribution in [0.5, 0.6) is 0 Å². The van der Waals surface area contributed by atoms with Crippen LogP contribution in [0.1, 0.15) is 21.3 Å². The summed E-state index contributed by atoms with van der Waals surface area (Å²) in [5.74, 6) is -2.76. The van der Waals surface area contributed by atoms with Crippen molar-refractivity contribution in [3.63, 3.8) is 0 Å². The van der Waals surface area contributed by atoms with Gasteiger partial charge in [-0.05, 0) is 89.4 Å². The SMILES string of the molecule is C.CC=O.CC=O.Fc1cc(F)cc(-c2ccccc2)c1.Ic1ccccc1.OB(O)c1cc(F)cc(F)c1. The van der Waals surface area contributed by atoms with Gasteiger partial charge in [0.05, 0.1) is 0 Å². The first-order valence-electron chi connectivity index (χ1n) is 10.9. The fourth-order valence-corrected chi connectivity index (χ4v) is 2.91. The molecule has 39 heavy (non-hydrogen) atoms. The molecule has 0 aliphatic carbocycles. The molecule has 0 aliphatic heterocycles. The van der Waals surface area contributed by atoms with Gasteiger partial charge in [-0.1, -0.05) is 56.0 Å². The predicted octanol–water partition coefficient (Wildman–Crippen LogP) is 6.61. The minimum absolute atomic E-state index is 0. The molecule has 10 heteroatoms. The zero-order chi connectivity index (χ0) is 28.9. The van der Waals surface area contributed by atoms with E-state index in [1.807, 2.05) is 48.5 Å². The molecular formula is C29H30BF4IO4. The number of aldehydes is 2. The Bertz CT molecular complexity index is 1170. The molecular weight excluding hydrogens is 626 g/mol. The van der Waals surface area contributed by atoms with Crippen LogP contribution in [0.15, 0.2) is 97.1 Å². The van der Waals surface area contributed by atoms with Crippen LogP contribution in [0.4, 0.5) is 17.6 Å². The molecule has 0 fully saturated rings. The Morgan fingerprint density at radius 3 is 1.26 bits per heavy atom. The van der Waals surface area contributed by atoms with Crippen LogP contribution in [-0.2, 0) is 9.59 Å². The quantitative estimate of drug-likeness (QED) is 0.110. The van der Waals surface area contributed by atoms with Crippen LogP contribution < -0.4 is 5.46 Å². The second kappa shape index (κ2) is 22.6. The minimum Gasteiger partial charge on any atom is -0.423 e. The third-order valence-corrected chi connectivity index (χ3v) is 4.60. The monoisotopic (exact) mass is 656 g/mol. The minimum atomic E-state index is -1.83. The fourth-order valence-electron chi connectivity index (χ4n) is 2.49. The summed E-state index contributed by atoms with van der Waals surface area (Å²) in [6, 6.07) is 25.2. The number of hydrogen-bond acceptors (Lipinski definition) is 4. The van der Waals surface area contributed by atoms with E-state index in [1.165, 1.54) is 29.6 Å². The fraction of sp³-hybridized carbons (Fsp3) is 0.103. The summed E-state index contributed by atoms with van der Waals surface area (Å²) in [5.41, 5.74) is 1.18. The number of benzene rings is 4. The summed E-state index contributed by atoms with van der Waals surface area (Å²) >= 11 is 2.28. The third kappa shape index (κ3) is 18.5. The van der Waals surface area contributed by atoms with E-state index in [0.29, 0.717) is 11.6 Å². The van der Waals surface area contributed by atoms with E-state index in [9.17, 15) is 17.6 Å². The maximum Gasteiger partial charge on any atom is 0.488 e. The summed E-state index contributed by atoms with van der Waals surface area (Å²) in [4.78, 5) is 17.6. The molecule has 0 radical (unpaired) electrons. The molecule has 208 valence electrons. The van der Waals surface area contributed by atoms with E-state index >= 15 is 0 Å². The van der Waals surface area contributed by atoms with E-state index in [4.69, 9.17) is 19.6 Å². The van der Waals surface area contributed by atoms with Gasteiger partial charge in [0.2, 0.25) is 0 Å². The van der Waals surface area contributed by atoms with E-state index in [2.05, 4.69) is 34.7 Å². The van der Waals surface area contributed by atoms with Crippen LogP contribution in [0.2, 0.25) is 0 Å². The molecule has 4 aromatic carbocycles. The second-order valence-corrected chi connectivity index (χ2v) is 8.11. The summed E-state index contributed by atoms with van der Waals surface area (Å²) in [6.07, 6.45) is 1.50. The summed E-state index contributed by atoms with van der Waals surface area (Å²) in [5, 5.41) is 17.0. The average molecular weight is 656 g/mol. The maximum absolute atomic E-state index is 12.9. The predicted molar refractivity (Wildman–Crippen MR) is 157 cm³/mol. The molecule has 4 rings (SSSR count). The summed E-state index contributed by atoms with van der Waals surface area (Å²) < 4.78 is 51.7. The molecule has 0 spiro atoms. The lowest BCUT2D eigenvalue weighted by molar-refractivity contribution is -0.106. The van der Waals surface area contributed by atoms with Crippen molar-refractivity contribution in [2.75, 3.05) is 0 Å². The van der Waals surface area contributed by atoms with Crippen molar-refractivity contribution in [3.8, 4) is 11.1 Å². The van der Waals surface area contributed by atoms with Crippen LogP contribution in [0.3, 0.4) is 0 Å². The van der Waals surface area contributed by atoms with Crippen LogP contribution >= 0.6 is 22.6 Å². The van der Waals surface area contributed by atoms with Gasteiger partial charge in [-0.2, -0.15) is 0 Å². The Balaban J connectivity index is 0. The van der Waals surface area contributed by atoms with Crippen molar-refractivity contribution in [2.45, 2.75) is 21.3 Å². The van der Waals surface area contributed by atoms with Crippen molar-refractivity contribution in [2.24, 2.45) is 0 Å². The van der Waals surface area contributed by atoms with E-state index in [1.54, 1.807) is 0 Å². The molecule has 0 heterocycles. The first kappa shape index (κ1) is 37.8. The van der Waals surface area contributed by atoms with Gasteiger partial charge >= 0.3 is 7.12 Å². The van der Waals surface area contributed by atoms with E-state index in [0.717, 1.165) is 36.3 Å². The largest absolute Gasteiger partial charge is 0.488 e. The zero-order valence-corrected chi connectivity index (χ0v) is 22.7. The topological polar surface area (TPSA) is 74.6 Å². The third-order valence-electron chi connectivity index (χ3n) is 3.89. The number of rotatable bonds is 2. The average Bonchev–Trinajstić information content (AvgIpc) is 2.86. The Kier molecular flexibility index (Phi) is 21.9. The summed E-state index contributed by atoms with van der Waals surface area (Å²) in [7, 11) is -1.83. The Labute approximate surface area is 240 Å². The lowest BCUT2D eigenvalue weighted by Gasteiger charge is -2.01. The summed E-state index contributed by atoms with van der Waals surface area (Å²) in [6.45, 7) is 2.89. The molecule has 0 aliphatic rings. The molecule has 4 nitrogen and oxygen atoms in total. The number of halogens is 5. The van der Waals surface area contributed by atoms with Crippen molar-refractivity contribution in [1.29, 1.82) is 0 Å². The normalized spacial score (nSPS) is 8.64. The highest BCUT2D eigenvalue weighted by atomic mass is 127. The number of hydrogen-bond donors (Lipinski definition) is 2. The van der Waals surface area contributed by atoms with Crippen LogP contribution in [-0.4, -0.2) is 29.7 Å². The highest BCUT2D eigenvalue weighted by molar-refractivity contribution is 14.1. The smallest absolute Gasteiger partial charge is 0.423 e. The van der Waals surface area contributed by atoms with Gasteiger partial charge in [-0.15, -0.1) is 0 Å². The lowest BCUT2D eigenvalue weighted by Crippen LogP contribution is -2.30. The lowest BCUT2D eigenvalue weighted by atomic mass is 9.80. The van der Waals surface area contributed by atoms with Crippen molar-refractivity contribution in [1.82, 2.24) is 0 Å². The molecule has 0 saturated carbocycles.